The van der Waals surface area contributed by atoms with Crippen molar-refractivity contribution in [2.24, 2.45) is 0 Å². The van der Waals surface area contributed by atoms with Crippen molar-refractivity contribution in [2.75, 3.05) is 0 Å². The molecular formula is C17H14IN3. The Morgan fingerprint density at radius 1 is 1.10 bits per heavy atom. The van der Waals surface area contributed by atoms with Crippen molar-refractivity contribution in [3.8, 4) is 11.4 Å². The van der Waals surface area contributed by atoms with E-state index in [2.05, 4.69) is 81.2 Å². The van der Waals surface area contributed by atoms with Gasteiger partial charge in [0.2, 0.25) is 0 Å². The van der Waals surface area contributed by atoms with Gasteiger partial charge in [-0.2, -0.15) is 5.10 Å². The molecule has 1 aromatic heterocycles. The molecule has 1 atom stereocenters. The normalized spacial score (nSPS) is 16.3. The molecule has 0 N–H and O–H groups in total. The molecule has 0 amide bonds. The second kappa shape index (κ2) is 5.26. The van der Waals surface area contributed by atoms with Crippen LogP contribution in [0.4, 0.5) is 0 Å². The third-order valence-corrected chi connectivity index (χ3v) is 4.73. The third kappa shape index (κ3) is 2.48. The summed E-state index contributed by atoms with van der Waals surface area (Å²) in [6, 6.07) is 17.0. The molecule has 3 nitrogen and oxygen atoms in total. The van der Waals surface area contributed by atoms with E-state index < -0.39 is 0 Å². The van der Waals surface area contributed by atoms with E-state index in [1.54, 1.807) is 0 Å². The van der Waals surface area contributed by atoms with E-state index in [0.717, 1.165) is 24.4 Å². The number of halogens is 1. The molecule has 0 fully saturated rings. The maximum Gasteiger partial charge on any atom is 0.181 e. The summed E-state index contributed by atoms with van der Waals surface area (Å²) in [6.45, 7) is 0.911. The van der Waals surface area contributed by atoms with Crippen LogP contribution < -0.4 is 0 Å². The van der Waals surface area contributed by atoms with Crippen LogP contribution in [-0.2, 0) is 13.0 Å². The molecule has 0 aliphatic heterocycles. The van der Waals surface area contributed by atoms with E-state index in [4.69, 9.17) is 0 Å². The quantitative estimate of drug-likeness (QED) is 0.639. The number of rotatable bonds is 3. The summed E-state index contributed by atoms with van der Waals surface area (Å²) in [4.78, 5) is 4.43. The summed E-state index contributed by atoms with van der Waals surface area (Å²) in [5.74, 6) is 1.38. The van der Waals surface area contributed by atoms with Gasteiger partial charge in [0, 0.05) is 21.6 Å². The fourth-order valence-corrected chi connectivity index (χ4v) is 3.22. The maximum atomic E-state index is 4.61. The Hall–Kier alpha value is -1.69. The predicted molar refractivity (Wildman–Crippen MR) is 91.1 cm³/mol. The number of hydrogen-bond acceptors (Lipinski definition) is 2. The molecular weight excluding hydrogens is 373 g/mol. The Morgan fingerprint density at radius 2 is 1.90 bits per heavy atom. The van der Waals surface area contributed by atoms with Crippen molar-refractivity contribution >= 4 is 22.6 Å². The van der Waals surface area contributed by atoms with Crippen molar-refractivity contribution in [3.05, 3.63) is 69.6 Å². The van der Waals surface area contributed by atoms with Crippen LogP contribution in [0.5, 0.6) is 0 Å². The Labute approximate surface area is 137 Å². The fourth-order valence-electron chi connectivity index (χ4n) is 2.87. The van der Waals surface area contributed by atoms with E-state index in [1.807, 2.05) is 11.0 Å². The SMILES string of the molecule is Ic1ccc(-c2ncn(CC3Cc4ccccc43)n2)cc1. The lowest BCUT2D eigenvalue weighted by atomic mass is 9.78. The standard InChI is InChI=1S/C17H14IN3/c18-15-7-5-12(6-8-15)17-19-11-21(20-17)10-14-9-13-3-1-2-4-16(13)14/h1-8,11,14H,9-10H2. The van der Waals surface area contributed by atoms with Gasteiger partial charge in [-0.25, -0.2) is 4.98 Å². The van der Waals surface area contributed by atoms with Gasteiger partial charge in [-0.15, -0.1) is 0 Å². The van der Waals surface area contributed by atoms with Crippen LogP contribution in [0.1, 0.15) is 17.0 Å². The monoisotopic (exact) mass is 387 g/mol. The molecule has 1 aliphatic rings. The highest BCUT2D eigenvalue weighted by Crippen LogP contribution is 2.35. The molecule has 3 aromatic rings. The van der Waals surface area contributed by atoms with Crippen LogP contribution in [-0.4, -0.2) is 14.8 Å². The largest absolute Gasteiger partial charge is 0.252 e. The van der Waals surface area contributed by atoms with Crippen molar-refractivity contribution < 1.29 is 0 Å². The molecule has 104 valence electrons. The summed E-state index contributed by atoms with van der Waals surface area (Å²) in [6.07, 6.45) is 2.99. The van der Waals surface area contributed by atoms with Gasteiger partial charge in [-0.05, 0) is 52.3 Å². The van der Waals surface area contributed by atoms with Crippen molar-refractivity contribution in [3.63, 3.8) is 0 Å². The van der Waals surface area contributed by atoms with E-state index in [0.29, 0.717) is 5.92 Å². The van der Waals surface area contributed by atoms with Gasteiger partial charge in [0.15, 0.2) is 5.82 Å². The van der Waals surface area contributed by atoms with Crippen LogP contribution in [0.25, 0.3) is 11.4 Å². The number of nitrogens with zero attached hydrogens (tertiary/aromatic N) is 3. The molecule has 0 saturated heterocycles. The average molecular weight is 387 g/mol. The topological polar surface area (TPSA) is 30.7 Å². The highest BCUT2D eigenvalue weighted by molar-refractivity contribution is 14.1. The van der Waals surface area contributed by atoms with Gasteiger partial charge < -0.3 is 0 Å². The first-order chi connectivity index (χ1) is 10.3. The van der Waals surface area contributed by atoms with Gasteiger partial charge in [0.1, 0.15) is 6.33 Å². The molecule has 0 bridgehead atoms. The summed E-state index contributed by atoms with van der Waals surface area (Å²) in [5.41, 5.74) is 4.01. The third-order valence-electron chi connectivity index (χ3n) is 4.01. The summed E-state index contributed by atoms with van der Waals surface area (Å²) >= 11 is 2.30. The van der Waals surface area contributed by atoms with E-state index >= 15 is 0 Å². The zero-order valence-electron chi connectivity index (χ0n) is 11.4. The highest BCUT2D eigenvalue weighted by Gasteiger charge is 2.25. The lowest BCUT2D eigenvalue weighted by molar-refractivity contribution is 0.475. The Morgan fingerprint density at radius 3 is 2.71 bits per heavy atom. The molecule has 1 heterocycles. The minimum atomic E-state index is 0.576. The van der Waals surface area contributed by atoms with Gasteiger partial charge in [0.25, 0.3) is 0 Å². The number of benzene rings is 2. The minimum Gasteiger partial charge on any atom is -0.252 e. The van der Waals surface area contributed by atoms with Crippen LogP contribution in [0.15, 0.2) is 54.9 Å². The zero-order chi connectivity index (χ0) is 14.2. The molecule has 0 spiro atoms. The number of aromatic nitrogens is 3. The van der Waals surface area contributed by atoms with Gasteiger partial charge >= 0.3 is 0 Å². The zero-order valence-corrected chi connectivity index (χ0v) is 13.6. The molecule has 21 heavy (non-hydrogen) atoms. The van der Waals surface area contributed by atoms with Crippen LogP contribution >= 0.6 is 22.6 Å². The Bertz CT molecular complexity index is 777. The van der Waals surface area contributed by atoms with Gasteiger partial charge in [-0.3, -0.25) is 4.68 Å². The molecule has 2 aromatic carbocycles. The highest BCUT2D eigenvalue weighted by atomic mass is 127. The molecule has 4 rings (SSSR count). The number of hydrogen-bond donors (Lipinski definition) is 0. The second-order valence-electron chi connectivity index (χ2n) is 5.40. The van der Waals surface area contributed by atoms with Crippen LogP contribution in [0.3, 0.4) is 0 Å². The van der Waals surface area contributed by atoms with E-state index in [1.165, 1.54) is 14.7 Å². The van der Waals surface area contributed by atoms with Gasteiger partial charge in [-0.1, -0.05) is 36.4 Å². The van der Waals surface area contributed by atoms with Crippen molar-refractivity contribution in [1.82, 2.24) is 14.8 Å². The summed E-state index contributed by atoms with van der Waals surface area (Å²) in [5, 5.41) is 4.61. The molecule has 0 radical (unpaired) electrons. The first-order valence-electron chi connectivity index (χ1n) is 7.03. The average Bonchev–Trinajstić information content (AvgIpc) is 2.94. The Kier molecular flexibility index (Phi) is 3.25. The smallest absolute Gasteiger partial charge is 0.181 e. The minimum absolute atomic E-state index is 0.576. The molecule has 1 unspecified atom stereocenters. The van der Waals surface area contributed by atoms with Crippen LogP contribution in [0.2, 0.25) is 0 Å². The van der Waals surface area contributed by atoms with E-state index in [9.17, 15) is 0 Å². The summed E-state index contributed by atoms with van der Waals surface area (Å²) in [7, 11) is 0. The molecule has 4 heteroatoms. The first kappa shape index (κ1) is 13.0. The van der Waals surface area contributed by atoms with Crippen molar-refractivity contribution in [1.29, 1.82) is 0 Å². The lowest BCUT2D eigenvalue weighted by Crippen LogP contribution is -2.22. The van der Waals surface area contributed by atoms with Gasteiger partial charge in [0.05, 0.1) is 0 Å². The molecule has 0 saturated carbocycles. The lowest BCUT2D eigenvalue weighted by Gasteiger charge is -2.29. The Balaban J connectivity index is 1.52. The first-order valence-corrected chi connectivity index (χ1v) is 8.11. The van der Waals surface area contributed by atoms with E-state index in [-0.39, 0.29) is 0 Å². The maximum absolute atomic E-state index is 4.61. The van der Waals surface area contributed by atoms with Crippen molar-refractivity contribution in [2.45, 2.75) is 18.9 Å². The van der Waals surface area contributed by atoms with Crippen LogP contribution in [0, 0.1) is 3.57 Å². The molecule has 1 aliphatic carbocycles. The number of fused-ring (bicyclic) bond motifs is 1. The second-order valence-corrected chi connectivity index (χ2v) is 6.64. The summed E-state index contributed by atoms with van der Waals surface area (Å²) < 4.78 is 3.19. The predicted octanol–water partition coefficient (Wildman–Crippen LogP) is 3.89. The fraction of sp³-hybridized carbons (Fsp3) is 0.176.